The standard InChI is InChI=1S/C16H26F3N5O3S/c1-20-15(21-11-13(23(2)3)14-5-4-10-27-14)22-12-6-8-24(9-7-12)28(25,26)16(17,18)19/h4-5,10,12-13H,6-9,11H2,1-3H3,(H2,20,21,22). The van der Waals surface area contributed by atoms with Crippen LogP contribution in [-0.4, -0.2) is 75.9 Å². The zero-order valence-corrected chi connectivity index (χ0v) is 16.8. The van der Waals surface area contributed by atoms with Gasteiger partial charge in [0.15, 0.2) is 5.96 Å². The summed E-state index contributed by atoms with van der Waals surface area (Å²) in [6, 6.07) is 3.47. The Bertz CT molecular complexity index is 742. The molecule has 1 saturated heterocycles. The Morgan fingerprint density at radius 2 is 2.04 bits per heavy atom. The van der Waals surface area contributed by atoms with Gasteiger partial charge in [-0.3, -0.25) is 9.89 Å². The van der Waals surface area contributed by atoms with E-state index in [4.69, 9.17) is 4.42 Å². The number of rotatable bonds is 6. The molecule has 0 bridgehead atoms. The van der Waals surface area contributed by atoms with E-state index in [1.165, 1.54) is 0 Å². The van der Waals surface area contributed by atoms with Gasteiger partial charge >= 0.3 is 15.5 Å². The molecule has 1 aliphatic heterocycles. The molecule has 1 atom stereocenters. The van der Waals surface area contributed by atoms with Crippen LogP contribution in [0, 0.1) is 0 Å². The first-order chi connectivity index (χ1) is 13.1. The average molecular weight is 425 g/mol. The van der Waals surface area contributed by atoms with Crippen molar-refractivity contribution in [1.82, 2.24) is 19.8 Å². The van der Waals surface area contributed by atoms with E-state index in [1.807, 2.05) is 31.1 Å². The molecule has 0 aliphatic carbocycles. The fourth-order valence-corrected chi connectivity index (χ4v) is 3.97. The second-order valence-corrected chi connectivity index (χ2v) is 8.65. The zero-order valence-electron chi connectivity index (χ0n) is 16.0. The molecule has 12 heteroatoms. The number of likely N-dealkylation sites (N-methyl/N-ethyl adjacent to an activating group) is 1. The van der Waals surface area contributed by atoms with E-state index in [9.17, 15) is 21.6 Å². The second kappa shape index (κ2) is 9.14. The first kappa shape index (κ1) is 22.5. The van der Waals surface area contributed by atoms with Crippen LogP contribution in [0.4, 0.5) is 13.2 Å². The van der Waals surface area contributed by atoms with Crippen molar-refractivity contribution in [1.29, 1.82) is 0 Å². The van der Waals surface area contributed by atoms with E-state index in [0.29, 0.717) is 16.8 Å². The molecule has 8 nitrogen and oxygen atoms in total. The van der Waals surface area contributed by atoms with Gasteiger partial charge in [-0.1, -0.05) is 0 Å². The zero-order chi connectivity index (χ0) is 20.9. The monoisotopic (exact) mass is 425 g/mol. The van der Waals surface area contributed by atoms with Crippen LogP contribution in [0.3, 0.4) is 0 Å². The maximum absolute atomic E-state index is 12.7. The molecule has 2 N–H and O–H groups in total. The van der Waals surface area contributed by atoms with Gasteiger partial charge < -0.3 is 15.1 Å². The Morgan fingerprint density at radius 3 is 2.50 bits per heavy atom. The van der Waals surface area contributed by atoms with Crippen LogP contribution < -0.4 is 10.6 Å². The van der Waals surface area contributed by atoms with Gasteiger partial charge in [0.25, 0.3) is 0 Å². The van der Waals surface area contributed by atoms with Crippen LogP contribution in [0.2, 0.25) is 0 Å². The van der Waals surface area contributed by atoms with E-state index in [-0.39, 0.29) is 38.0 Å². The highest BCUT2D eigenvalue weighted by atomic mass is 32.2. The number of hydrogen-bond acceptors (Lipinski definition) is 5. The van der Waals surface area contributed by atoms with Crippen LogP contribution in [0.15, 0.2) is 27.8 Å². The Balaban J connectivity index is 1.88. The Hall–Kier alpha value is -1.79. The number of hydrogen-bond donors (Lipinski definition) is 2. The van der Waals surface area contributed by atoms with Crippen molar-refractivity contribution >= 4 is 16.0 Å². The van der Waals surface area contributed by atoms with Gasteiger partial charge in [-0.2, -0.15) is 17.5 Å². The van der Waals surface area contributed by atoms with E-state index >= 15 is 0 Å². The molecule has 0 aromatic carbocycles. The van der Waals surface area contributed by atoms with Crippen molar-refractivity contribution in [3.05, 3.63) is 24.2 Å². The molecule has 2 rings (SSSR count). The SMILES string of the molecule is CN=C(NCC(c1ccco1)N(C)C)NC1CCN(S(=O)(=O)C(F)(F)F)CC1. The highest BCUT2D eigenvalue weighted by Gasteiger charge is 2.50. The number of guanidine groups is 1. The lowest BCUT2D eigenvalue weighted by Crippen LogP contribution is -2.52. The molecule has 1 fully saturated rings. The number of nitrogens with zero attached hydrogens (tertiary/aromatic N) is 3. The van der Waals surface area contributed by atoms with Crippen LogP contribution in [0.1, 0.15) is 24.6 Å². The van der Waals surface area contributed by atoms with E-state index in [1.54, 1.807) is 13.3 Å². The molecule has 28 heavy (non-hydrogen) atoms. The third kappa shape index (κ3) is 5.39. The normalized spacial score (nSPS) is 19.0. The lowest BCUT2D eigenvalue weighted by molar-refractivity contribution is -0.0494. The summed E-state index contributed by atoms with van der Waals surface area (Å²) in [5.41, 5.74) is -5.27. The second-order valence-electron chi connectivity index (χ2n) is 6.72. The Labute approximate surface area is 162 Å². The molecule has 1 unspecified atom stereocenters. The number of piperidine rings is 1. The maximum Gasteiger partial charge on any atom is 0.511 e. The first-order valence-corrected chi connectivity index (χ1v) is 10.2. The largest absolute Gasteiger partial charge is 0.511 e. The van der Waals surface area contributed by atoms with Crippen molar-refractivity contribution < 1.29 is 26.0 Å². The summed E-state index contributed by atoms with van der Waals surface area (Å²) in [6.07, 6.45) is 2.11. The molecule has 2 heterocycles. The highest BCUT2D eigenvalue weighted by molar-refractivity contribution is 7.90. The predicted octanol–water partition coefficient (Wildman–Crippen LogP) is 1.36. The third-order valence-corrected chi connectivity index (χ3v) is 6.24. The summed E-state index contributed by atoms with van der Waals surface area (Å²) in [5.74, 6) is 1.29. The van der Waals surface area contributed by atoms with Gasteiger partial charge in [0.05, 0.1) is 12.3 Å². The van der Waals surface area contributed by atoms with Gasteiger partial charge in [0, 0.05) is 32.7 Å². The molecule has 1 aromatic rings. The summed E-state index contributed by atoms with van der Waals surface area (Å²) in [6.45, 7) is 0.119. The van der Waals surface area contributed by atoms with E-state index < -0.39 is 15.5 Å². The minimum absolute atomic E-state index is 0.0349. The van der Waals surface area contributed by atoms with Crippen LogP contribution in [0.25, 0.3) is 0 Å². The van der Waals surface area contributed by atoms with Crippen LogP contribution in [0.5, 0.6) is 0 Å². The lowest BCUT2D eigenvalue weighted by atomic mass is 10.1. The number of alkyl halides is 3. The van der Waals surface area contributed by atoms with Crippen LogP contribution >= 0.6 is 0 Å². The van der Waals surface area contributed by atoms with Gasteiger partial charge in [-0.25, -0.2) is 8.42 Å². The highest BCUT2D eigenvalue weighted by Crippen LogP contribution is 2.29. The number of sulfonamides is 1. The van der Waals surface area contributed by atoms with Crippen molar-refractivity contribution in [2.45, 2.75) is 30.4 Å². The number of nitrogens with one attached hydrogen (secondary N) is 2. The van der Waals surface area contributed by atoms with Gasteiger partial charge in [-0.05, 0) is 39.1 Å². The fourth-order valence-electron chi connectivity index (χ4n) is 2.99. The minimum Gasteiger partial charge on any atom is -0.468 e. The predicted molar refractivity (Wildman–Crippen MR) is 99.2 cm³/mol. The molecule has 0 spiro atoms. The molecular formula is C16H26F3N5O3S. The number of aliphatic imine (C=N–C) groups is 1. The Kier molecular flexibility index (Phi) is 7.34. The van der Waals surface area contributed by atoms with Crippen molar-refractivity contribution in [3.8, 4) is 0 Å². The maximum atomic E-state index is 12.7. The summed E-state index contributed by atoms with van der Waals surface area (Å²) in [5, 5.41) is 6.32. The van der Waals surface area contributed by atoms with E-state index in [2.05, 4.69) is 15.6 Å². The molecule has 1 aliphatic rings. The summed E-state index contributed by atoms with van der Waals surface area (Å²) < 4.78 is 66.8. The van der Waals surface area contributed by atoms with Crippen LogP contribution in [-0.2, 0) is 10.0 Å². The molecule has 0 radical (unpaired) electrons. The van der Waals surface area contributed by atoms with Gasteiger partial charge in [0.2, 0.25) is 0 Å². The summed E-state index contributed by atoms with van der Waals surface area (Å²) in [4.78, 5) is 6.12. The minimum atomic E-state index is -5.27. The smallest absolute Gasteiger partial charge is 0.468 e. The third-order valence-electron chi connectivity index (χ3n) is 4.61. The average Bonchev–Trinajstić information content (AvgIpc) is 3.14. The van der Waals surface area contributed by atoms with Crippen molar-refractivity contribution in [2.75, 3.05) is 40.8 Å². The first-order valence-electron chi connectivity index (χ1n) is 8.79. The quantitative estimate of drug-likeness (QED) is 0.529. The van der Waals surface area contributed by atoms with Crippen molar-refractivity contribution in [2.24, 2.45) is 4.99 Å². The molecular weight excluding hydrogens is 399 g/mol. The number of halogens is 3. The summed E-state index contributed by atoms with van der Waals surface area (Å²) >= 11 is 0. The van der Waals surface area contributed by atoms with Gasteiger partial charge in [0.1, 0.15) is 5.76 Å². The molecule has 160 valence electrons. The molecule has 1 aromatic heterocycles. The fraction of sp³-hybridized carbons (Fsp3) is 0.688. The van der Waals surface area contributed by atoms with E-state index in [0.717, 1.165) is 5.76 Å². The number of furan rings is 1. The van der Waals surface area contributed by atoms with Crippen molar-refractivity contribution in [3.63, 3.8) is 0 Å². The Morgan fingerprint density at radius 1 is 1.39 bits per heavy atom. The topological polar surface area (TPSA) is 90.2 Å². The molecule has 0 amide bonds. The molecule has 0 saturated carbocycles. The van der Waals surface area contributed by atoms with Gasteiger partial charge in [-0.15, -0.1) is 0 Å². The lowest BCUT2D eigenvalue weighted by Gasteiger charge is -2.33. The summed E-state index contributed by atoms with van der Waals surface area (Å²) in [7, 11) is 0.161.